The number of hydrogen-bond acceptors (Lipinski definition) is 3. The van der Waals surface area contributed by atoms with Crippen molar-refractivity contribution in [2.45, 2.75) is 38.6 Å². The monoisotopic (exact) mass is 479 g/mol. The third-order valence-corrected chi connectivity index (χ3v) is 7.72. The maximum atomic E-state index is 14.2. The zero-order chi connectivity index (χ0) is 25.0. The van der Waals surface area contributed by atoms with E-state index in [-0.39, 0.29) is 17.9 Å². The highest BCUT2D eigenvalue weighted by atomic mass is 16.5. The smallest absolute Gasteiger partial charge is 0.332 e. The van der Waals surface area contributed by atoms with Gasteiger partial charge in [-0.15, -0.1) is 0 Å². The van der Waals surface area contributed by atoms with Gasteiger partial charge in [0, 0.05) is 23.4 Å². The van der Waals surface area contributed by atoms with Crippen LogP contribution in [-0.4, -0.2) is 35.0 Å². The van der Waals surface area contributed by atoms with Crippen LogP contribution in [0.2, 0.25) is 0 Å². The number of aromatic amines is 1. The Morgan fingerprint density at radius 2 is 1.69 bits per heavy atom. The Balaban J connectivity index is 1.55. The summed E-state index contributed by atoms with van der Waals surface area (Å²) in [5.41, 5.74) is 4.58. The Bertz CT molecular complexity index is 1490. The Morgan fingerprint density at radius 1 is 0.972 bits per heavy atom. The van der Waals surface area contributed by atoms with Crippen LogP contribution >= 0.6 is 0 Å². The number of ether oxygens (including phenoxy) is 1. The van der Waals surface area contributed by atoms with E-state index < -0.39 is 5.54 Å². The van der Waals surface area contributed by atoms with Crippen molar-refractivity contribution >= 4 is 28.5 Å². The Morgan fingerprint density at radius 3 is 2.44 bits per heavy atom. The fourth-order valence-electron chi connectivity index (χ4n) is 5.81. The highest BCUT2D eigenvalue weighted by Crippen LogP contribution is 2.51. The zero-order valence-electron chi connectivity index (χ0n) is 20.7. The van der Waals surface area contributed by atoms with Crippen LogP contribution in [-0.2, 0) is 16.8 Å². The molecule has 1 fully saturated rings. The van der Waals surface area contributed by atoms with E-state index in [1.807, 2.05) is 44.2 Å². The van der Waals surface area contributed by atoms with Gasteiger partial charge in [-0.1, -0.05) is 61.5 Å². The standard InChI is InChI=1S/C30H29N3O3/c1-4-19-14-16-20(17-15-19)22-18-32-29(35)33(24-12-8-9-13-25(24)36-5-2)28(34)30(32,3)27-26(22)21-10-6-7-11-23(21)31-27/h6-17,22,31H,4-5,18H2,1-3H3. The van der Waals surface area contributed by atoms with Crippen LogP contribution in [0.1, 0.15) is 49.1 Å². The zero-order valence-corrected chi connectivity index (χ0v) is 20.7. The number of rotatable bonds is 5. The first kappa shape index (κ1) is 22.4. The lowest BCUT2D eigenvalue weighted by Gasteiger charge is -2.40. The average Bonchev–Trinajstić information content (AvgIpc) is 3.39. The minimum Gasteiger partial charge on any atom is -0.492 e. The molecular formula is C30H29N3O3. The molecule has 6 rings (SSSR count). The number of para-hydroxylation sites is 3. The highest BCUT2D eigenvalue weighted by Gasteiger charge is 2.61. The second kappa shape index (κ2) is 8.26. The first-order valence-electron chi connectivity index (χ1n) is 12.6. The molecule has 2 aliphatic heterocycles. The van der Waals surface area contributed by atoms with Gasteiger partial charge in [0.05, 0.1) is 18.0 Å². The number of carbonyl (C=O) groups excluding carboxylic acids is 2. The Labute approximate surface area is 210 Å². The van der Waals surface area contributed by atoms with Gasteiger partial charge >= 0.3 is 6.03 Å². The maximum Gasteiger partial charge on any atom is 0.332 e. The molecule has 3 aromatic carbocycles. The van der Waals surface area contributed by atoms with Crippen LogP contribution in [0.5, 0.6) is 5.75 Å². The van der Waals surface area contributed by atoms with E-state index in [9.17, 15) is 9.59 Å². The van der Waals surface area contributed by atoms with Gasteiger partial charge in [0.2, 0.25) is 0 Å². The van der Waals surface area contributed by atoms with E-state index in [2.05, 4.69) is 42.2 Å². The van der Waals surface area contributed by atoms with Gasteiger partial charge in [-0.2, -0.15) is 0 Å². The molecule has 0 aliphatic carbocycles. The molecule has 6 nitrogen and oxygen atoms in total. The van der Waals surface area contributed by atoms with Gasteiger partial charge in [0.25, 0.3) is 5.91 Å². The number of amides is 3. The van der Waals surface area contributed by atoms with Crippen LogP contribution < -0.4 is 9.64 Å². The van der Waals surface area contributed by atoms with Crippen LogP contribution in [0, 0.1) is 0 Å². The molecule has 0 bridgehead atoms. The predicted molar refractivity (Wildman–Crippen MR) is 141 cm³/mol. The Hall–Kier alpha value is -4.06. The lowest BCUT2D eigenvalue weighted by Crippen LogP contribution is -2.50. The van der Waals surface area contributed by atoms with Crippen molar-refractivity contribution in [2.75, 3.05) is 18.1 Å². The van der Waals surface area contributed by atoms with Crippen LogP contribution in [0.15, 0.2) is 72.8 Å². The fourth-order valence-corrected chi connectivity index (χ4v) is 5.81. The second-order valence-corrected chi connectivity index (χ2v) is 9.61. The molecule has 36 heavy (non-hydrogen) atoms. The van der Waals surface area contributed by atoms with Crippen LogP contribution in [0.25, 0.3) is 10.9 Å². The number of aryl methyl sites for hydroxylation is 1. The number of carbonyl (C=O) groups is 2. The molecule has 2 unspecified atom stereocenters. The molecule has 4 aromatic rings. The summed E-state index contributed by atoms with van der Waals surface area (Å²) in [5.74, 6) is 0.190. The van der Waals surface area contributed by atoms with Gasteiger partial charge < -0.3 is 14.6 Å². The van der Waals surface area contributed by atoms with E-state index in [0.717, 1.165) is 34.1 Å². The predicted octanol–water partition coefficient (Wildman–Crippen LogP) is 5.96. The lowest BCUT2D eigenvalue weighted by molar-refractivity contribution is -0.125. The maximum absolute atomic E-state index is 14.2. The number of imide groups is 1. The first-order valence-corrected chi connectivity index (χ1v) is 12.6. The summed E-state index contributed by atoms with van der Waals surface area (Å²) >= 11 is 0. The fraction of sp³-hybridized carbons (Fsp3) is 0.267. The summed E-state index contributed by atoms with van der Waals surface area (Å²) in [5, 5.41) is 1.09. The minimum atomic E-state index is -1.15. The normalized spacial score (nSPS) is 21.1. The highest BCUT2D eigenvalue weighted by molar-refractivity contribution is 6.24. The second-order valence-electron chi connectivity index (χ2n) is 9.61. The summed E-state index contributed by atoms with van der Waals surface area (Å²) in [6, 6.07) is 23.7. The molecule has 3 heterocycles. The number of nitrogens with one attached hydrogen (secondary N) is 1. The molecule has 6 heteroatoms. The van der Waals surface area contributed by atoms with Gasteiger partial charge in [-0.05, 0) is 55.2 Å². The first-order chi connectivity index (χ1) is 17.5. The van der Waals surface area contributed by atoms with Crippen molar-refractivity contribution < 1.29 is 14.3 Å². The van der Waals surface area contributed by atoms with Crippen LogP contribution in [0.3, 0.4) is 0 Å². The number of H-pyrrole nitrogens is 1. The molecule has 0 saturated carbocycles. The summed E-state index contributed by atoms with van der Waals surface area (Å²) in [4.78, 5) is 34.7. The third kappa shape index (κ3) is 3.03. The molecule has 0 spiro atoms. The van der Waals surface area contributed by atoms with Crippen molar-refractivity contribution in [3.05, 3.63) is 95.2 Å². The van der Waals surface area contributed by atoms with Crippen molar-refractivity contribution in [3.63, 3.8) is 0 Å². The van der Waals surface area contributed by atoms with Gasteiger partial charge in [-0.25, -0.2) is 9.69 Å². The molecule has 182 valence electrons. The number of aromatic nitrogens is 1. The van der Waals surface area contributed by atoms with Crippen molar-refractivity contribution in [3.8, 4) is 5.75 Å². The molecule has 1 aromatic heterocycles. The number of fused-ring (bicyclic) bond motifs is 5. The molecular weight excluding hydrogens is 450 g/mol. The topological polar surface area (TPSA) is 65.6 Å². The summed E-state index contributed by atoms with van der Waals surface area (Å²) in [6.45, 7) is 6.74. The number of urea groups is 1. The molecule has 2 aliphatic rings. The molecule has 1 saturated heterocycles. The SMILES string of the molecule is CCOc1ccccc1N1C(=O)N2CC(c3ccc(CC)cc3)c3c([nH]c4ccccc34)C2(C)C1=O. The molecule has 2 atom stereocenters. The molecule has 3 amide bonds. The number of nitrogens with zero attached hydrogens (tertiary/aromatic N) is 2. The van der Waals surface area contributed by atoms with Gasteiger partial charge in [0.1, 0.15) is 5.75 Å². The largest absolute Gasteiger partial charge is 0.492 e. The van der Waals surface area contributed by atoms with E-state index in [0.29, 0.717) is 24.6 Å². The van der Waals surface area contributed by atoms with E-state index in [1.54, 1.807) is 17.0 Å². The number of anilines is 1. The van der Waals surface area contributed by atoms with Crippen molar-refractivity contribution in [1.29, 1.82) is 0 Å². The summed E-state index contributed by atoms with van der Waals surface area (Å²) < 4.78 is 5.79. The quantitative estimate of drug-likeness (QED) is 0.359. The van der Waals surface area contributed by atoms with Crippen molar-refractivity contribution in [1.82, 2.24) is 9.88 Å². The third-order valence-electron chi connectivity index (χ3n) is 7.72. The van der Waals surface area contributed by atoms with Gasteiger partial charge in [0.15, 0.2) is 5.54 Å². The molecule has 0 radical (unpaired) electrons. The minimum absolute atomic E-state index is 0.0611. The molecule has 1 N–H and O–H groups in total. The summed E-state index contributed by atoms with van der Waals surface area (Å²) in [6.07, 6.45) is 0.967. The summed E-state index contributed by atoms with van der Waals surface area (Å²) in [7, 11) is 0. The average molecular weight is 480 g/mol. The van der Waals surface area contributed by atoms with Crippen LogP contribution in [0.4, 0.5) is 10.5 Å². The van der Waals surface area contributed by atoms with Crippen molar-refractivity contribution in [2.24, 2.45) is 0 Å². The van der Waals surface area contributed by atoms with E-state index >= 15 is 0 Å². The van der Waals surface area contributed by atoms with E-state index in [1.165, 1.54) is 10.5 Å². The number of benzene rings is 3. The number of hydrogen-bond donors (Lipinski definition) is 1. The van der Waals surface area contributed by atoms with E-state index in [4.69, 9.17) is 4.74 Å². The van der Waals surface area contributed by atoms with Gasteiger partial charge in [-0.3, -0.25) is 4.79 Å². The Kier molecular flexibility index (Phi) is 5.14. The lowest BCUT2D eigenvalue weighted by atomic mass is 9.78.